The lowest BCUT2D eigenvalue weighted by atomic mass is 10.0. The first kappa shape index (κ1) is 12.4. The molecule has 78 valence electrons. The van der Waals surface area contributed by atoms with Crippen LogP contribution in [0.4, 0.5) is 0 Å². The average Bonchev–Trinajstić information content (AvgIpc) is 2.02. The first-order valence-corrected chi connectivity index (χ1v) is 5.04. The van der Waals surface area contributed by atoms with E-state index in [1.54, 1.807) is 0 Å². The van der Waals surface area contributed by atoms with Crippen LogP contribution in [0.5, 0.6) is 0 Å². The topological polar surface area (TPSA) is 49.3 Å². The van der Waals surface area contributed by atoms with Crippen molar-refractivity contribution in [2.45, 2.75) is 46.1 Å². The molecule has 0 aromatic carbocycles. The molecule has 1 atom stereocenters. The molecule has 0 amide bonds. The van der Waals surface area contributed by atoms with Gasteiger partial charge in [0.25, 0.3) is 0 Å². The maximum absolute atomic E-state index is 10.8. The lowest BCUT2D eigenvalue weighted by Gasteiger charge is -2.15. The molecule has 0 aliphatic carbocycles. The van der Waals surface area contributed by atoms with Gasteiger partial charge in [-0.3, -0.25) is 4.79 Å². The van der Waals surface area contributed by atoms with Gasteiger partial charge in [0.2, 0.25) is 0 Å². The summed E-state index contributed by atoms with van der Waals surface area (Å²) < 4.78 is 0. The molecule has 0 rings (SSSR count). The third-order valence-electron chi connectivity index (χ3n) is 1.93. The Morgan fingerprint density at radius 1 is 1.46 bits per heavy atom. The van der Waals surface area contributed by atoms with E-state index in [0.29, 0.717) is 12.3 Å². The predicted molar refractivity (Wildman–Crippen MR) is 53.8 cm³/mol. The highest BCUT2D eigenvalue weighted by molar-refractivity contribution is 5.73. The van der Waals surface area contributed by atoms with Gasteiger partial charge in [-0.05, 0) is 25.3 Å². The van der Waals surface area contributed by atoms with Gasteiger partial charge in [-0.25, -0.2) is 0 Å². The van der Waals surface area contributed by atoms with Crippen LogP contribution in [-0.4, -0.2) is 23.7 Å². The maximum atomic E-state index is 10.8. The molecular formula is C10H21NO2. The average molecular weight is 187 g/mol. The Morgan fingerprint density at radius 2 is 2.08 bits per heavy atom. The van der Waals surface area contributed by atoms with Crippen molar-refractivity contribution in [3.63, 3.8) is 0 Å². The van der Waals surface area contributed by atoms with Crippen LogP contribution in [0.1, 0.15) is 40.0 Å². The number of hydrogen-bond acceptors (Lipinski definition) is 2. The summed E-state index contributed by atoms with van der Waals surface area (Å²) in [6.45, 7) is 6.98. The highest BCUT2D eigenvalue weighted by Crippen LogP contribution is 2.04. The lowest BCUT2D eigenvalue weighted by molar-refractivity contribution is -0.139. The first-order chi connectivity index (χ1) is 6.07. The number of carbonyl (C=O) groups is 1. The largest absolute Gasteiger partial charge is 0.480 e. The molecule has 3 heteroatoms. The second kappa shape index (κ2) is 6.89. The zero-order chi connectivity index (χ0) is 10.3. The number of hydrogen-bond donors (Lipinski definition) is 2. The van der Waals surface area contributed by atoms with Crippen LogP contribution in [0.25, 0.3) is 0 Å². The quantitative estimate of drug-likeness (QED) is 0.598. The Morgan fingerprint density at radius 3 is 2.46 bits per heavy atom. The molecule has 0 bridgehead atoms. The molecule has 0 radical (unpaired) electrons. The van der Waals surface area contributed by atoms with Gasteiger partial charge in [0.15, 0.2) is 0 Å². The Balaban J connectivity index is 3.74. The summed E-state index contributed by atoms with van der Waals surface area (Å²) >= 11 is 0. The molecule has 0 spiro atoms. The zero-order valence-electron chi connectivity index (χ0n) is 8.84. The Hall–Kier alpha value is -0.570. The number of aliphatic carboxylic acids is 1. The third kappa shape index (κ3) is 6.58. The van der Waals surface area contributed by atoms with Crippen LogP contribution in [0.15, 0.2) is 0 Å². The van der Waals surface area contributed by atoms with E-state index in [9.17, 15) is 4.79 Å². The molecule has 0 aromatic heterocycles. The molecule has 0 aromatic rings. The van der Waals surface area contributed by atoms with Crippen molar-refractivity contribution < 1.29 is 9.90 Å². The summed E-state index contributed by atoms with van der Waals surface area (Å²) in [5.41, 5.74) is 0. The number of carboxylic acid groups (broad SMARTS) is 1. The SMILES string of the molecule is CCCCN[C@@H](CC(C)C)C(=O)O. The summed E-state index contributed by atoms with van der Waals surface area (Å²) in [4.78, 5) is 10.8. The molecule has 0 fully saturated rings. The van der Waals surface area contributed by atoms with Gasteiger partial charge >= 0.3 is 5.97 Å². The number of carboxylic acids is 1. The van der Waals surface area contributed by atoms with Gasteiger partial charge in [-0.1, -0.05) is 27.2 Å². The summed E-state index contributed by atoms with van der Waals surface area (Å²) in [5, 5.41) is 11.9. The molecule has 13 heavy (non-hydrogen) atoms. The molecule has 0 saturated carbocycles. The van der Waals surface area contributed by atoms with Crippen molar-refractivity contribution in [3.05, 3.63) is 0 Å². The van der Waals surface area contributed by atoms with Crippen molar-refractivity contribution in [3.8, 4) is 0 Å². The molecule has 0 heterocycles. The number of rotatable bonds is 7. The monoisotopic (exact) mass is 187 g/mol. The Kier molecular flexibility index (Phi) is 6.59. The Labute approximate surface area is 80.5 Å². The second-order valence-electron chi connectivity index (χ2n) is 3.83. The molecule has 0 aliphatic rings. The summed E-state index contributed by atoms with van der Waals surface area (Å²) in [7, 11) is 0. The van der Waals surface area contributed by atoms with E-state index in [-0.39, 0.29) is 6.04 Å². The summed E-state index contributed by atoms with van der Waals surface area (Å²) in [6.07, 6.45) is 2.85. The van der Waals surface area contributed by atoms with E-state index in [0.717, 1.165) is 19.4 Å². The van der Waals surface area contributed by atoms with Crippen molar-refractivity contribution in [2.24, 2.45) is 5.92 Å². The van der Waals surface area contributed by atoms with Gasteiger partial charge in [0.05, 0.1) is 0 Å². The van der Waals surface area contributed by atoms with Crippen LogP contribution in [0.3, 0.4) is 0 Å². The van der Waals surface area contributed by atoms with Gasteiger partial charge in [-0.15, -0.1) is 0 Å². The third-order valence-corrected chi connectivity index (χ3v) is 1.93. The molecular weight excluding hydrogens is 166 g/mol. The van der Waals surface area contributed by atoms with E-state index >= 15 is 0 Å². The molecule has 3 nitrogen and oxygen atoms in total. The van der Waals surface area contributed by atoms with Crippen molar-refractivity contribution in [1.29, 1.82) is 0 Å². The minimum Gasteiger partial charge on any atom is -0.480 e. The van der Waals surface area contributed by atoms with Gasteiger partial charge in [0.1, 0.15) is 6.04 Å². The van der Waals surface area contributed by atoms with Gasteiger partial charge in [-0.2, -0.15) is 0 Å². The summed E-state index contributed by atoms with van der Waals surface area (Å²) in [6, 6.07) is -0.369. The lowest BCUT2D eigenvalue weighted by Crippen LogP contribution is -2.38. The number of nitrogens with one attached hydrogen (secondary N) is 1. The zero-order valence-corrected chi connectivity index (χ0v) is 8.84. The summed E-state index contributed by atoms with van der Waals surface area (Å²) in [5.74, 6) is -0.306. The molecule has 2 N–H and O–H groups in total. The minimum absolute atomic E-state index is 0.369. The highest BCUT2D eigenvalue weighted by atomic mass is 16.4. The van der Waals surface area contributed by atoms with Crippen LogP contribution >= 0.6 is 0 Å². The Bertz CT molecular complexity index is 146. The van der Waals surface area contributed by atoms with E-state index in [1.807, 2.05) is 13.8 Å². The standard InChI is InChI=1S/C10H21NO2/c1-4-5-6-11-9(10(12)13)7-8(2)3/h8-9,11H,4-7H2,1-3H3,(H,12,13)/t9-/m0/s1. The van der Waals surface area contributed by atoms with Crippen molar-refractivity contribution >= 4 is 5.97 Å². The van der Waals surface area contributed by atoms with Gasteiger partial charge < -0.3 is 10.4 Å². The van der Waals surface area contributed by atoms with E-state index < -0.39 is 5.97 Å². The molecule has 0 aliphatic heterocycles. The minimum atomic E-state index is -0.732. The molecule has 0 unspecified atom stereocenters. The smallest absolute Gasteiger partial charge is 0.320 e. The second-order valence-corrected chi connectivity index (χ2v) is 3.83. The fourth-order valence-corrected chi connectivity index (χ4v) is 1.20. The van der Waals surface area contributed by atoms with E-state index in [1.165, 1.54) is 0 Å². The normalized spacial score (nSPS) is 13.2. The highest BCUT2D eigenvalue weighted by Gasteiger charge is 2.17. The fraction of sp³-hybridized carbons (Fsp3) is 0.900. The van der Waals surface area contributed by atoms with Crippen LogP contribution in [-0.2, 0) is 4.79 Å². The van der Waals surface area contributed by atoms with Crippen molar-refractivity contribution in [1.82, 2.24) is 5.32 Å². The van der Waals surface area contributed by atoms with Crippen molar-refractivity contribution in [2.75, 3.05) is 6.54 Å². The van der Waals surface area contributed by atoms with Crippen LogP contribution in [0.2, 0.25) is 0 Å². The van der Waals surface area contributed by atoms with Crippen LogP contribution in [0, 0.1) is 5.92 Å². The maximum Gasteiger partial charge on any atom is 0.320 e. The van der Waals surface area contributed by atoms with Gasteiger partial charge in [0, 0.05) is 0 Å². The van der Waals surface area contributed by atoms with E-state index in [4.69, 9.17) is 5.11 Å². The fourth-order valence-electron chi connectivity index (χ4n) is 1.20. The first-order valence-electron chi connectivity index (χ1n) is 5.04. The predicted octanol–water partition coefficient (Wildman–Crippen LogP) is 1.88. The van der Waals surface area contributed by atoms with E-state index in [2.05, 4.69) is 12.2 Å². The number of unbranched alkanes of at least 4 members (excludes halogenated alkanes) is 1. The van der Waals surface area contributed by atoms with Crippen LogP contribution < -0.4 is 5.32 Å². The molecule has 0 saturated heterocycles.